The minimum Gasteiger partial charge on any atom is -0.456 e. The van der Waals surface area contributed by atoms with Crippen LogP contribution in [0.4, 0.5) is 13.2 Å². The van der Waals surface area contributed by atoms with Crippen molar-refractivity contribution in [1.82, 2.24) is 10.2 Å². The van der Waals surface area contributed by atoms with Crippen molar-refractivity contribution in [2.45, 2.75) is 25.6 Å². The zero-order chi connectivity index (χ0) is 19.3. The first-order chi connectivity index (χ1) is 12.9. The zero-order valence-electron chi connectivity index (χ0n) is 14.3. The summed E-state index contributed by atoms with van der Waals surface area (Å²) in [5, 5.41) is 5.54. The largest absolute Gasteiger partial charge is 0.456 e. The van der Waals surface area contributed by atoms with E-state index in [1.165, 1.54) is 0 Å². The first-order valence-electron chi connectivity index (χ1n) is 8.34. The Kier molecular flexibility index (Phi) is 5.59. The molecule has 1 aromatic heterocycles. The molecule has 0 aliphatic heterocycles. The summed E-state index contributed by atoms with van der Waals surface area (Å²) in [5.41, 5.74) is 0.0994. The average molecular weight is 374 g/mol. The van der Waals surface area contributed by atoms with Gasteiger partial charge in [0.2, 0.25) is 0 Å². The molecule has 3 rings (SSSR count). The second-order valence-corrected chi connectivity index (χ2v) is 5.97. The Morgan fingerprint density at radius 1 is 0.926 bits per heavy atom. The molecule has 0 atom stereocenters. The summed E-state index contributed by atoms with van der Waals surface area (Å²) >= 11 is 0. The van der Waals surface area contributed by atoms with Gasteiger partial charge in [0.15, 0.2) is 5.69 Å². The number of aromatic amines is 1. The number of H-pyrrole nitrogens is 1. The first kappa shape index (κ1) is 18.7. The number of aryl methyl sites for hydroxylation is 1. The van der Waals surface area contributed by atoms with Gasteiger partial charge >= 0.3 is 12.1 Å². The van der Waals surface area contributed by atoms with Gasteiger partial charge in [-0.2, -0.15) is 18.3 Å². The minimum absolute atomic E-state index is 0.0190. The van der Waals surface area contributed by atoms with E-state index in [0.717, 1.165) is 11.1 Å². The Morgan fingerprint density at radius 3 is 2.11 bits per heavy atom. The lowest BCUT2D eigenvalue weighted by Gasteiger charge is -2.09. The molecule has 2 aromatic carbocycles. The third-order valence-corrected chi connectivity index (χ3v) is 4.06. The standard InChI is InChI=1S/C20H17F3N2O2/c21-20(22,23)18-16(12-11-14-7-3-1-4-8-14)17(24-25-18)19(26)27-13-15-9-5-2-6-10-15/h1-10H,11-13H2,(H,24,25). The zero-order valence-corrected chi connectivity index (χ0v) is 14.3. The van der Waals surface area contributed by atoms with Crippen molar-refractivity contribution in [3.63, 3.8) is 0 Å². The molecule has 27 heavy (non-hydrogen) atoms. The molecule has 0 radical (unpaired) electrons. The maximum Gasteiger partial charge on any atom is 0.433 e. The SMILES string of the molecule is O=C(OCc1ccccc1)c1n[nH]c(C(F)(F)F)c1CCc1ccccc1. The second-order valence-electron chi connectivity index (χ2n) is 5.97. The van der Waals surface area contributed by atoms with Crippen LogP contribution in [0.3, 0.4) is 0 Å². The van der Waals surface area contributed by atoms with E-state index in [-0.39, 0.29) is 24.3 Å². The van der Waals surface area contributed by atoms with Gasteiger partial charge in [-0.1, -0.05) is 60.7 Å². The number of esters is 1. The summed E-state index contributed by atoms with van der Waals surface area (Å²) in [5.74, 6) is -0.881. The van der Waals surface area contributed by atoms with Crippen LogP contribution in [-0.2, 0) is 30.4 Å². The van der Waals surface area contributed by atoms with Gasteiger partial charge in [0, 0.05) is 5.56 Å². The molecule has 0 unspecified atom stereocenters. The first-order valence-corrected chi connectivity index (χ1v) is 8.34. The summed E-state index contributed by atoms with van der Waals surface area (Å²) < 4.78 is 45.0. The van der Waals surface area contributed by atoms with Gasteiger partial charge in [-0.25, -0.2) is 4.79 Å². The van der Waals surface area contributed by atoms with Gasteiger partial charge < -0.3 is 4.74 Å². The number of alkyl halides is 3. The van der Waals surface area contributed by atoms with Crippen LogP contribution in [0.25, 0.3) is 0 Å². The van der Waals surface area contributed by atoms with Crippen LogP contribution in [0, 0.1) is 0 Å². The number of hydrogen-bond donors (Lipinski definition) is 1. The van der Waals surface area contributed by atoms with Gasteiger partial charge in [0.1, 0.15) is 12.3 Å². The van der Waals surface area contributed by atoms with E-state index in [9.17, 15) is 18.0 Å². The summed E-state index contributed by atoms with van der Waals surface area (Å²) in [6, 6.07) is 18.0. The molecule has 4 nitrogen and oxygen atoms in total. The maximum atomic E-state index is 13.3. The monoisotopic (exact) mass is 374 g/mol. The molecule has 0 aliphatic carbocycles. The fourth-order valence-corrected chi connectivity index (χ4v) is 2.72. The summed E-state index contributed by atoms with van der Waals surface area (Å²) in [7, 11) is 0. The average Bonchev–Trinajstić information content (AvgIpc) is 3.10. The molecule has 140 valence electrons. The van der Waals surface area contributed by atoms with Gasteiger partial charge in [-0.15, -0.1) is 0 Å². The minimum atomic E-state index is -4.63. The highest BCUT2D eigenvalue weighted by molar-refractivity contribution is 5.89. The Labute approximate surface area is 154 Å². The van der Waals surface area contributed by atoms with E-state index in [0.29, 0.717) is 6.42 Å². The molecular weight excluding hydrogens is 357 g/mol. The lowest BCUT2D eigenvalue weighted by Crippen LogP contribution is -2.13. The Morgan fingerprint density at radius 2 is 1.52 bits per heavy atom. The van der Waals surface area contributed by atoms with Crippen LogP contribution in [0.15, 0.2) is 60.7 Å². The molecule has 1 heterocycles. The van der Waals surface area contributed by atoms with E-state index in [4.69, 9.17) is 4.74 Å². The number of nitrogens with one attached hydrogen (secondary N) is 1. The van der Waals surface area contributed by atoms with Crippen molar-refractivity contribution in [3.8, 4) is 0 Å². The van der Waals surface area contributed by atoms with Gasteiger partial charge in [0.25, 0.3) is 0 Å². The molecule has 1 N–H and O–H groups in total. The Hall–Kier alpha value is -3.09. The molecule has 0 fully saturated rings. The highest BCUT2D eigenvalue weighted by Gasteiger charge is 2.38. The van der Waals surface area contributed by atoms with Crippen molar-refractivity contribution in [2.75, 3.05) is 0 Å². The van der Waals surface area contributed by atoms with Crippen LogP contribution in [0.2, 0.25) is 0 Å². The van der Waals surface area contributed by atoms with Gasteiger partial charge in [-0.05, 0) is 24.0 Å². The Balaban J connectivity index is 1.79. The van der Waals surface area contributed by atoms with E-state index >= 15 is 0 Å². The number of carbonyl (C=O) groups excluding carboxylic acids is 1. The molecule has 0 bridgehead atoms. The van der Waals surface area contributed by atoms with Gasteiger partial charge in [0.05, 0.1) is 0 Å². The number of aromatic nitrogens is 2. The highest BCUT2D eigenvalue weighted by Crippen LogP contribution is 2.32. The summed E-state index contributed by atoms with van der Waals surface area (Å²) in [6.07, 6.45) is -4.26. The molecule has 0 amide bonds. The van der Waals surface area contributed by atoms with E-state index in [2.05, 4.69) is 5.10 Å². The van der Waals surface area contributed by atoms with Crippen LogP contribution < -0.4 is 0 Å². The van der Waals surface area contributed by atoms with Crippen molar-refractivity contribution < 1.29 is 22.7 Å². The molecule has 3 aromatic rings. The number of hydrogen-bond acceptors (Lipinski definition) is 3. The van der Waals surface area contributed by atoms with Gasteiger partial charge in [-0.3, -0.25) is 5.10 Å². The maximum absolute atomic E-state index is 13.3. The van der Waals surface area contributed by atoms with E-state index in [1.807, 2.05) is 41.5 Å². The third-order valence-electron chi connectivity index (χ3n) is 4.06. The van der Waals surface area contributed by atoms with Crippen molar-refractivity contribution in [3.05, 3.63) is 88.7 Å². The fourth-order valence-electron chi connectivity index (χ4n) is 2.72. The number of nitrogens with zero attached hydrogens (tertiary/aromatic N) is 1. The fraction of sp³-hybridized carbons (Fsp3) is 0.200. The van der Waals surface area contributed by atoms with Crippen LogP contribution in [0.5, 0.6) is 0 Å². The number of carbonyl (C=O) groups is 1. The Bertz CT molecular complexity index is 891. The summed E-state index contributed by atoms with van der Waals surface area (Å²) in [4.78, 5) is 12.3. The molecule has 7 heteroatoms. The highest BCUT2D eigenvalue weighted by atomic mass is 19.4. The molecule has 0 aliphatic rings. The van der Waals surface area contributed by atoms with Crippen molar-refractivity contribution in [2.24, 2.45) is 0 Å². The smallest absolute Gasteiger partial charge is 0.433 e. The predicted octanol–water partition coefficient (Wildman–Crippen LogP) is 4.57. The van der Waals surface area contributed by atoms with Crippen molar-refractivity contribution >= 4 is 5.97 Å². The lowest BCUT2D eigenvalue weighted by molar-refractivity contribution is -0.141. The number of rotatable bonds is 6. The number of ether oxygens (including phenoxy) is 1. The second kappa shape index (κ2) is 8.07. The summed E-state index contributed by atoms with van der Waals surface area (Å²) in [6.45, 7) is -0.0357. The molecule has 0 spiro atoms. The quantitative estimate of drug-likeness (QED) is 0.643. The molecule has 0 saturated heterocycles. The predicted molar refractivity (Wildman–Crippen MR) is 93.0 cm³/mol. The van der Waals surface area contributed by atoms with Crippen molar-refractivity contribution in [1.29, 1.82) is 0 Å². The molecular formula is C20H17F3N2O2. The van der Waals surface area contributed by atoms with Crippen LogP contribution in [-0.4, -0.2) is 16.2 Å². The van der Waals surface area contributed by atoms with Crippen LogP contribution >= 0.6 is 0 Å². The molecule has 0 saturated carbocycles. The van der Waals surface area contributed by atoms with Crippen LogP contribution in [0.1, 0.15) is 32.9 Å². The number of halogens is 3. The third kappa shape index (κ3) is 4.75. The number of benzene rings is 2. The van der Waals surface area contributed by atoms with E-state index < -0.39 is 17.8 Å². The van der Waals surface area contributed by atoms with E-state index in [1.54, 1.807) is 24.3 Å². The normalized spacial score (nSPS) is 11.4. The topological polar surface area (TPSA) is 55.0 Å². The lowest BCUT2D eigenvalue weighted by atomic mass is 10.0.